The van der Waals surface area contributed by atoms with Crippen LogP contribution in [0.25, 0.3) is 0 Å². The third kappa shape index (κ3) is 2.44. The van der Waals surface area contributed by atoms with E-state index in [4.69, 9.17) is 21.6 Å². The number of nitriles is 1. The largest absolute Gasteiger partial charge is 0.454 e. The van der Waals surface area contributed by atoms with E-state index in [2.05, 4.69) is 0 Å². The molecule has 90 valence electrons. The second kappa shape index (κ2) is 5.07. The highest BCUT2D eigenvalue weighted by atomic mass is 35.5. The van der Waals surface area contributed by atoms with Gasteiger partial charge in [-0.2, -0.15) is 5.26 Å². The number of aryl methyl sites for hydroxylation is 1. The summed E-state index contributed by atoms with van der Waals surface area (Å²) in [7, 11) is 0. The van der Waals surface area contributed by atoms with Crippen LogP contribution in [0.1, 0.15) is 11.1 Å². The van der Waals surface area contributed by atoms with Crippen molar-refractivity contribution in [2.45, 2.75) is 6.92 Å². The van der Waals surface area contributed by atoms with Crippen LogP contribution in [0.3, 0.4) is 0 Å². The van der Waals surface area contributed by atoms with Crippen molar-refractivity contribution in [3.63, 3.8) is 0 Å². The molecule has 0 aliphatic rings. The summed E-state index contributed by atoms with van der Waals surface area (Å²) in [6, 6.07) is 11.4. The summed E-state index contributed by atoms with van der Waals surface area (Å²) in [4.78, 5) is 0. The van der Waals surface area contributed by atoms with E-state index in [1.54, 1.807) is 25.1 Å². The van der Waals surface area contributed by atoms with Gasteiger partial charge in [0.2, 0.25) is 0 Å². The van der Waals surface area contributed by atoms with Crippen molar-refractivity contribution in [2.75, 3.05) is 0 Å². The van der Waals surface area contributed by atoms with E-state index in [9.17, 15) is 4.39 Å². The topological polar surface area (TPSA) is 33.0 Å². The fraction of sp³-hybridized carbons (Fsp3) is 0.0714. The van der Waals surface area contributed by atoms with Gasteiger partial charge in [0.1, 0.15) is 11.8 Å². The second-order valence-corrected chi connectivity index (χ2v) is 4.15. The van der Waals surface area contributed by atoms with Crippen molar-refractivity contribution >= 4 is 11.6 Å². The highest BCUT2D eigenvalue weighted by Gasteiger charge is 2.08. The fourth-order valence-corrected chi connectivity index (χ4v) is 1.69. The summed E-state index contributed by atoms with van der Waals surface area (Å²) < 4.78 is 19.1. The van der Waals surface area contributed by atoms with Crippen LogP contribution < -0.4 is 4.74 Å². The molecule has 0 bridgehead atoms. The van der Waals surface area contributed by atoms with Crippen molar-refractivity contribution < 1.29 is 9.13 Å². The van der Waals surface area contributed by atoms with Crippen molar-refractivity contribution in [3.05, 3.63) is 58.4 Å². The lowest BCUT2D eigenvalue weighted by Crippen LogP contribution is -1.91. The molecule has 0 aliphatic heterocycles. The van der Waals surface area contributed by atoms with Gasteiger partial charge in [-0.05, 0) is 30.7 Å². The summed E-state index contributed by atoms with van der Waals surface area (Å²) in [5.74, 6) is 0.122. The first-order valence-electron chi connectivity index (χ1n) is 5.24. The number of rotatable bonds is 2. The molecule has 2 aromatic carbocycles. The SMILES string of the molecule is Cc1cccc(Oc2ccc(C#N)c(Cl)c2)c1F. The number of hydrogen-bond acceptors (Lipinski definition) is 2. The van der Waals surface area contributed by atoms with Gasteiger partial charge in [-0.3, -0.25) is 0 Å². The average molecular weight is 262 g/mol. The van der Waals surface area contributed by atoms with Crippen LogP contribution in [0, 0.1) is 24.1 Å². The smallest absolute Gasteiger partial charge is 0.168 e. The van der Waals surface area contributed by atoms with Crippen LogP contribution in [0.5, 0.6) is 11.5 Å². The molecule has 0 unspecified atom stereocenters. The normalized spacial score (nSPS) is 9.89. The Bertz CT molecular complexity index is 634. The van der Waals surface area contributed by atoms with Crippen LogP contribution in [-0.4, -0.2) is 0 Å². The van der Waals surface area contributed by atoms with Crippen LogP contribution in [0.4, 0.5) is 4.39 Å². The Morgan fingerprint density at radius 2 is 2.06 bits per heavy atom. The molecule has 0 N–H and O–H groups in total. The first kappa shape index (κ1) is 12.4. The van der Waals surface area contributed by atoms with Crippen molar-refractivity contribution in [3.8, 4) is 17.6 Å². The maximum atomic E-state index is 13.7. The molecule has 0 saturated carbocycles. The lowest BCUT2D eigenvalue weighted by atomic mass is 10.2. The van der Waals surface area contributed by atoms with Crippen LogP contribution in [0.2, 0.25) is 5.02 Å². The molecule has 0 saturated heterocycles. The predicted octanol–water partition coefficient (Wildman–Crippen LogP) is 4.45. The van der Waals surface area contributed by atoms with Gasteiger partial charge in [0.05, 0.1) is 10.6 Å². The summed E-state index contributed by atoms with van der Waals surface area (Å²) >= 11 is 5.87. The van der Waals surface area contributed by atoms with Gasteiger partial charge in [-0.1, -0.05) is 23.7 Å². The summed E-state index contributed by atoms with van der Waals surface area (Å²) in [5.41, 5.74) is 0.862. The summed E-state index contributed by atoms with van der Waals surface area (Å²) in [5, 5.41) is 9.02. The van der Waals surface area contributed by atoms with Gasteiger partial charge in [-0.25, -0.2) is 4.39 Å². The molecular weight excluding hydrogens is 253 g/mol. The predicted molar refractivity (Wildman–Crippen MR) is 67.4 cm³/mol. The lowest BCUT2D eigenvalue weighted by Gasteiger charge is -2.08. The molecule has 0 fully saturated rings. The fourth-order valence-electron chi connectivity index (χ4n) is 1.48. The molecule has 2 aromatic rings. The maximum absolute atomic E-state index is 13.7. The van der Waals surface area contributed by atoms with E-state index in [0.29, 0.717) is 16.9 Å². The molecule has 0 atom stereocenters. The van der Waals surface area contributed by atoms with E-state index in [1.807, 2.05) is 6.07 Å². The Balaban J connectivity index is 2.32. The van der Waals surface area contributed by atoms with Crippen molar-refractivity contribution in [1.82, 2.24) is 0 Å². The van der Waals surface area contributed by atoms with Crippen LogP contribution in [0.15, 0.2) is 36.4 Å². The molecule has 0 amide bonds. The van der Waals surface area contributed by atoms with Crippen molar-refractivity contribution in [2.24, 2.45) is 0 Å². The van der Waals surface area contributed by atoms with Crippen LogP contribution in [-0.2, 0) is 0 Å². The third-order valence-electron chi connectivity index (χ3n) is 2.45. The monoisotopic (exact) mass is 261 g/mol. The molecule has 0 aliphatic carbocycles. The first-order chi connectivity index (χ1) is 8.61. The molecule has 2 rings (SSSR count). The van der Waals surface area contributed by atoms with Crippen LogP contribution >= 0.6 is 11.6 Å². The highest BCUT2D eigenvalue weighted by Crippen LogP contribution is 2.29. The Morgan fingerprint density at radius 1 is 1.28 bits per heavy atom. The van der Waals surface area contributed by atoms with Gasteiger partial charge in [0.15, 0.2) is 11.6 Å². The first-order valence-corrected chi connectivity index (χ1v) is 5.62. The van der Waals surface area contributed by atoms with E-state index in [0.717, 1.165) is 0 Å². The number of benzene rings is 2. The number of hydrogen-bond donors (Lipinski definition) is 0. The minimum atomic E-state index is -0.405. The standard InChI is InChI=1S/C14H9ClFNO/c1-9-3-2-4-13(14(9)16)18-11-6-5-10(8-17)12(15)7-11/h2-7H,1H3. The molecule has 0 spiro atoms. The minimum absolute atomic E-state index is 0.135. The summed E-state index contributed by atoms with van der Waals surface area (Å²) in [6.45, 7) is 1.66. The Hall–Kier alpha value is -2.05. The molecule has 4 heteroatoms. The zero-order valence-electron chi connectivity index (χ0n) is 9.58. The molecule has 0 radical (unpaired) electrons. The molecular formula is C14H9ClFNO. The van der Waals surface area contributed by atoms with Gasteiger partial charge in [0, 0.05) is 6.07 Å². The van der Waals surface area contributed by atoms with Gasteiger partial charge >= 0.3 is 0 Å². The zero-order chi connectivity index (χ0) is 13.1. The molecule has 0 heterocycles. The van der Waals surface area contributed by atoms with E-state index >= 15 is 0 Å². The minimum Gasteiger partial charge on any atom is -0.454 e. The van der Waals surface area contributed by atoms with Crippen molar-refractivity contribution in [1.29, 1.82) is 5.26 Å². The maximum Gasteiger partial charge on any atom is 0.168 e. The van der Waals surface area contributed by atoms with E-state index in [1.165, 1.54) is 18.2 Å². The molecule has 18 heavy (non-hydrogen) atoms. The number of ether oxygens (including phenoxy) is 1. The Labute approximate surface area is 109 Å². The highest BCUT2D eigenvalue weighted by molar-refractivity contribution is 6.31. The zero-order valence-corrected chi connectivity index (χ0v) is 10.3. The number of halogens is 2. The summed E-state index contributed by atoms with van der Waals surface area (Å²) in [6.07, 6.45) is 0. The van der Waals surface area contributed by atoms with Gasteiger partial charge in [0.25, 0.3) is 0 Å². The quantitative estimate of drug-likeness (QED) is 0.800. The average Bonchev–Trinajstić information content (AvgIpc) is 2.35. The second-order valence-electron chi connectivity index (χ2n) is 3.74. The molecule has 0 aromatic heterocycles. The Kier molecular flexibility index (Phi) is 3.50. The van der Waals surface area contributed by atoms with E-state index < -0.39 is 5.82 Å². The lowest BCUT2D eigenvalue weighted by molar-refractivity contribution is 0.440. The third-order valence-corrected chi connectivity index (χ3v) is 2.76. The van der Waals surface area contributed by atoms with Gasteiger partial charge < -0.3 is 4.74 Å². The molecule has 2 nitrogen and oxygen atoms in total. The Morgan fingerprint density at radius 3 is 2.72 bits per heavy atom. The van der Waals surface area contributed by atoms with Gasteiger partial charge in [-0.15, -0.1) is 0 Å². The number of nitrogens with zero attached hydrogens (tertiary/aromatic N) is 1. The van der Waals surface area contributed by atoms with E-state index in [-0.39, 0.29) is 10.8 Å².